The quantitative estimate of drug-likeness (QED) is 0.490. The number of hydrogen-bond acceptors (Lipinski definition) is 0. The second-order valence-corrected chi connectivity index (χ2v) is 1.67. The normalized spacial score (nSPS) is 11.8. The Labute approximate surface area is 51.9 Å². The van der Waals surface area contributed by atoms with Gasteiger partial charge < -0.3 is 0 Å². The van der Waals surface area contributed by atoms with Crippen molar-refractivity contribution in [3.8, 4) is 0 Å². The maximum absolute atomic E-state index is 2.14. The summed E-state index contributed by atoms with van der Waals surface area (Å²) in [5.74, 6) is 0. The SMILES string of the molecule is CC/C=C\C=C\CC. The highest BCUT2D eigenvalue weighted by Crippen LogP contribution is 1.83. The summed E-state index contributed by atoms with van der Waals surface area (Å²) in [7, 11) is 0. The summed E-state index contributed by atoms with van der Waals surface area (Å²) in [6.45, 7) is 4.27. The second kappa shape index (κ2) is 6.48. The standard InChI is InChI=1S/C8H14/c1-3-5-7-8-6-4-2/h5-8H,3-4H2,1-2H3/b7-5-,8-6+. The molecule has 46 valence electrons. The van der Waals surface area contributed by atoms with Crippen LogP contribution in [0.4, 0.5) is 0 Å². The molecule has 0 radical (unpaired) electrons. The van der Waals surface area contributed by atoms with E-state index in [1.165, 1.54) is 0 Å². The minimum absolute atomic E-state index is 1.13. The summed E-state index contributed by atoms with van der Waals surface area (Å²) < 4.78 is 0. The van der Waals surface area contributed by atoms with Crippen LogP contribution >= 0.6 is 0 Å². The summed E-state index contributed by atoms with van der Waals surface area (Å²) in [6, 6.07) is 0. The summed E-state index contributed by atoms with van der Waals surface area (Å²) in [5.41, 5.74) is 0. The molecule has 0 saturated heterocycles. The highest BCUT2D eigenvalue weighted by molar-refractivity contribution is 5.01. The monoisotopic (exact) mass is 110 g/mol. The first-order valence-electron chi connectivity index (χ1n) is 3.23. The van der Waals surface area contributed by atoms with Gasteiger partial charge in [0.05, 0.1) is 0 Å². The molecule has 0 heteroatoms. The minimum Gasteiger partial charge on any atom is -0.0848 e. The van der Waals surface area contributed by atoms with E-state index < -0.39 is 0 Å². The first-order chi connectivity index (χ1) is 3.91. The molecule has 0 heterocycles. The Morgan fingerprint density at radius 2 is 1.25 bits per heavy atom. The van der Waals surface area contributed by atoms with E-state index in [4.69, 9.17) is 0 Å². The summed E-state index contributed by atoms with van der Waals surface area (Å²) in [5, 5.41) is 0. The zero-order chi connectivity index (χ0) is 6.24. The molecule has 0 nitrogen and oxygen atoms in total. The fourth-order valence-electron chi connectivity index (χ4n) is 0.429. The van der Waals surface area contributed by atoms with Crippen molar-refractivity contribution in [2.24, 2.45) is 0 Å². The molecule has 0 bridgehead atoms. The lowest BCUT2D eigenvalue weighted by atomic mass is 10.3. The Bertz CT molecular complexity index is 66.0. The van der Waals surface area contributed by atoms with Gasteiger partial charge >= 0.3 is 0 Å². The molecule has 0 aromatic rings. The van der Waals surface area contributed by atoms with Crippen LogP contribution in [0.5, 0.6) is 0 Å². The average Bonchev–Trinajstić information content (AvgIpc) is 1.81. The van der Waals surface area contributed by atoms with Gasteiger partial charge in [-0.15, -0.1) is 0 Å². The molecular formula is C8H14. The van der Waals surface area contributed by atoms with Crippen LogP contribution in [0.1, 0.15) is 26.7 Å². The van der Waals surface area contributed by atoms with Crippen LogP contribution < -0.4 is 0 Å². The van der Waals surface area contributed by atoms with E-state index in [0.29, 0.717) is 0 Å². The van der Waals surface area contributed by atoms with Crippen molar-refractivity contribution < 1.29 is 0 Å². The van der Waals surface area contributed by atoms with Crippen LogP contribution in [0.25, 0.3) is 0 Å². The van der Waals surface area contributed by atoms with E-state index in [9.17, 15) is 0 Å². The van der Waals surface area contributed by atoms with Crippen LogP contribution in [-0.2, 0) is 0 Å². The van der Waals surface area contributed by atoms with E-state index in [1.807, 2.05) is 0 Å². The molecule has 0 atom stereocenters. The van der Waals surface area contributed by atoms with Gasteiger partial charge in [0, 0.05) is 0 Å². The average molecular weight is 110 g/mol. The van der Waals surface area contributed by atoms with Crippen LogP contribution in [-0.4, -0.2) is 0 Å². The Hall–Kier alpha value is -0.520. The molecule has 0 aliphatic rings. The summed E-state index contributed by atoms with van der Waals surface area (Å²) in [4.78, 5) is 0. The molecule has 0 aliphatic carbocycles. The van der Waals surface area contributed by atoms with Crippen molar-refractivity contribution in [2.75, 3.05) is 0 Å². The minimum atomic E-state index is 1.13. The zero-order valence-electron chi connectivity index (χ0n) is 5.72. The first-order valence-corrected chi connectivity index (χ1v) is 3.23. The topological polar surface area (TPSA) is 0 Å². The fraction of sp³-hybridized carbons (Fsp3) is 0.500. The van der Waals surface area contributed by atoms with Crippen molar-refractivity contribution in [2.45, 2.75) is 26.7 Å². The summed E-state index contributed by atoms with van der Waals surface area (Å²) >= 11 is 0. The summed E-state index contributed by atoms with van der Waals surface area (Å²) in [6.07, 6.45) is 10.7. The van der Waals surface area contributed by atoms with Crippen LogP contribution in [0.15, 0.2) is 24.3 Å². The Morgan fingerprint density at radius 3 is 1.50 bits per heavy atom. The van der Waals surface area contributed by atoms with Gasteiger partial charge in [-0.2, -0.15) is 0 Å². The van der Waals surface area contributed by atoms with Gasteiger partial charge in [0.15, 0.2) is 0 Å². The molecule has 0 aliphatic heterocycles. The van der Waals surface area contributed by atoms with E-state index in [1.54, 1.807) is 0 Å². The number of rotatable bonds is 3. The van der Waals surface area contributed by atoms with Gasteiger partial charge in [0.1, 0.15) is 0 Å². The molecule has 0 aromatic carbocycles. The van der Waals surface area contributed by atoms with Crippen molar-refractivity contribution in [1.82, 2.24) is 0 Å². The Balaban J connectivity index is 3.13. The van der Waals surface area contributed by atoms with E-state index in [-0.39, 0.29) is 0 Å². The predicted octanol–water partition coefficient (Wildman–Crippen LogP) is 2.92. The van der Waals surface area contributed by atoms with Crippen molar-refractivity contribution in [3.05, 3.63) is 24.3 Å². The van der Waals surface area contributed by atoms with Gasteiger partial charge in [0.25, 0.3) is 0 Å². The third-order valence-corrected chi connectivity index (χ3v) is 0.855. The number of allylic oxidation sites excluding steroid dienone is 4. The molecule has 0 N–H and O–H groups in total. The molecule has 0 aromatic heterocycles. The van der Waals surface area contributed by atoms with E-state index in [2.05, 4.69) is 38.2 Å². The molecular weight excluding hydrogens is 96.1 g/mol. The van der Waals surface area contributed by atoms with Crippen LogP contribution in [0, 0.1) is 0 Å². The van der Waals surface area contributed by atoms with E-state index in [0.717, 1.165) is 12.8 Å². The van der Waals surface area contributed by atoms with Gasteiger partial charge in [0.2, 0.25) is 0 Å². The fourth-order valence-corrected chi connectivity index (χ4v) is 0.429. The molecule has 0 spiro atoms. The molecule has 0 rings (SSSR count). The smallest absolute Gasteiger partial charge is 0.0376 e. The molecule has 8 heavy (non-hydrogen) atoms. The second-order valence-electron chi connectivity index (χ2n) is 1.67. The van der Waals surface area contributed by atoms with Crippen LogP contribution in [0.2, 0.25) is 0 Å². The lowest BCUT2D eigenvalue weighted by Crippen LogP contribution is -1.52. The molecule has 0 fully saturated rings. The largest absolute Gasteiger partial charge is 0.0848 e. The maximum Gasteiger partial charge on any atom is -0.0376 e. The predicted molar refractivity (Wildman–Crippen MR) is 38.9 cm³/mol. The third kappa shape index (κ3) is 5.48. The van der Waals surface area contributed by atoms with E-state index >= 15 is 0 Å². The lowest BCUT2D eigenvalue weighted by molar-refractivity contribution is 1.21. The van der Waals surface area contributed by atoms with Gasteiger partial charge in [-0.1, -0.05) is 38.2 Å². The van der Waals surface area contributed by atoms with Gasteiger partial charge in [-0.3, -0.25) is 0 Å². The van der Waals surface area contributed by atoms with Crippen molar-refractivity contribution >= 4 is 0 Å². The lowest BCUT2D eigenvalue weighted by Gasteiger charge is -1.74. The Kier molecular flexibility index (Phi) is 6.06. The third-order valence-electron chi connectivity index (χ3n) is 0.855. The first kappa shape index (κ1) is 7.48. The molecule has 0 amide bonds. The van der Waals surface area contributed by atoms with Gasteiger partial charge in [-0.05, 0) is 12.8 Å². The number of hydrogen-bond donors (Lipinski definition) is 0. The van der Waals surface area contributed by atoms with Gasteiger partial charge in [-0.25, -0.2) is 0 Å². The highest BCUT2D eigenvalue weighted by Gasteiger charge is 1.61. The molecule has 0 saturated carbocycles. The Morgan fingerprint density at radius 1 is 0.875 bits per heavy atom. The van der Waals surface area contributed by atoms with Crippen molar-refractivity contribution in [1.29, 1.82) is 0 Å². The molecule has 0 unspecified atom stereocenters. The maximum atomic E-state index is 2.14. The highest BCUT2D eigenvalue weighted by atomic mass is 13.7. The zero-order valence-corrected chi connectivity index (χ0v) is 5.72. The van der Waals surface area contributed by atoms with Crippen molar-refractivity contribution in [3.63, 3.8) is 0 Å². The van der Waals surface area contributed by atoms with Crippen LogP contribution in [0.3, 0.4) is 0 Å².